The number of ether oxygens (including phenoxy) is 3. The molecule has 128 valence electrons. The smallest absolute Gasteiger partial charge is 0.161 e. The van der Waals surface area contributed by atoms with Crippen molar-refractivity contribution in [3.63, 3.8) is 0 Å². The summed E-state index contributed by atoms with van der Waals surface area (Å²) in [7, 11) is 3.30. The summed E-state index contributed by atoms with van der Waals surface area (Å²) in [5.74, 6) is 2.30. The number of methoxy groups -OCH3 is 2. The number of rotatable bonds is 9. The molecule has 0 radical (unpaired) electrons. The number of nitrogens with zero attached hydrogens (tertiary/aromatic N) is 1. The van der Waals surface area contributed by atoms with Crippen molar-refractivity contribution in [2.75, 3.05) is 20.8 Å². The molecule has 0 aliphatic rings. The van der Waals surface area contributed by atoms with Gasteiger partial charge in [0.2, 0.25) is 0 Å². The van der Waals surface area contributed by atoms with Crippen molar-refractivity contribution in [2.24, 2.45) is 5.10 Å². The second kappa shape index (κ2) is 9.45. The van der Waals surface area contributed by atoms with Gasteiger partial charge in [0, 0.05) is 5.56 Å². The van der Waals surface area contributed by atoms with Gasteiger partial charge in [-0.3, -0.25) is 0 Å². The van der Waals surface area contributed by atoms with Gasteiger partial charge >= 0.3 is 0 Å². The lowest BCUT2D eigenvalue weighted by Gasteiger charge is -2.10. The van der Waals surface area contributed by atoms with Gasteiger partial charge in [0.25, 0.3) is 0 Å². The highest BCUT2D eigenvalue weighted by molar-refractivity contribution is 5.80. The molecule has 0 amide bonds. The van der Waals surface area contributed by atoms with E-state index in [-0.39, 0.29) is 0 Å². The van der Waals surface area contributed by atoms with Gasteiger partial charge in [-0.2, -0.15) is 5.10 Å². The minimum Gasteiger partial charge on any atom is -0.496 e. The Kier molecular flexibility index (Phi) is 6.95. The van der Waals surface area contributed by atoms with E-state index in [4.69, 9.17) is 14.2 Å². The monoisotopic (exact) mass is 328 g/mol. The molecule has 5 nitrogen and oxygen atoms in total. The van der Waals surface area contributed by atoms with Crippen LogP contribution in [0.25, 0.3) is 0 Å². The molecule has 2 aromatic rings. The molecule has 2 rings (SSSR count). The molecule has 0 saturated heterocycles. The summed E-state index contributed by atoms with van der Waals surface area (Å²) in [6, 6.07) is 13.6. The van der Waals surface area contributed by atoms with Crippen LogP contribution in [0.3, 0.4) is 0 Å². The van der Waals surface area contributed by atoms with Gasteiger partial charge in [-0.1, -0.05) is 25.1 Å². The Labute approximate surface area is 143 Å². The van der Waals surface area contributed by atoms with Crippen molar-refractivity contribution in [1.29, 1.82) is 0 Å². The van der Waals surface area contributed by atoms with Gasteiger partial charge in [0.15, 0.2) is 11.5 Å². The molecule has 0 fully saturated rings. The van der Waals surface area contributed by atoms with Crippen LogP contribution in [0.1, 0.15) is 24.5 Å². The molecule has 2 aromatic carbocycles. The maximum absolute atomic E-state index is 5.64. The molecule has 0 heterocycles. The molecule has 0 atom stereocenters. The predicted molar refractivity (Wildman–Crippen MR) is 96.2 cm³/mol. The van der Waals surface area contributed by atoms with Crippen LogP contribution in [0, 0.1) is 0 Å². The number of para-hydroxylation sites is 1. The summed E-state index contributed by atoms with van der Waals surface area (Å²) < 4.78 is 16.3. The number of hydrazone groups is 1. The Morgan fingerprint density at radius 3 is 2.54 bits per heavy atom. The predicted octanol–water partition coefficient (Wildman–Crippen LogP) is 3.62. The SMILES string of the molecule is CCCOc1ccc(/C=N/NCc2ccccc2OC)cc1OC. The van der Waals surface area contributed by atoms with Crippen LogP contribution in [0.2, 0.25) is 0 Å². The molecule has 0 bridgehead atoms. The lowest BCUT2D eigenvalue weighted by molar-refractivity contribution is 0.294. The maximum atomic E-state index is 5.64. The van der Waals surface area contributed by atoms with Crippen molar-refractivity contribution in [2.45, 2.75) is 19.9 Å². The quantitative estimate of drug-likeness (QED) is 0.564. The summed E-state index contributed by atoms with van der Waals surface area (Å²) in [4.78, 5) is 0. The topological polar surface area (TPSA) is 52.1 Å². The highest BCUT2D eigenvalue weighted by Crippen LogP contribution is 2.27. The van der Waals surface area contributed by atoms with Gasteiger partial charge in [0.1, 0.15) is 5.75 Å². The third-order valence-electron chi connectivity index (χ3n) is 3.42. The zero-order valence-electron chi connectivity index (χ0n) is 14.4. The van der Waals surface area contributed by atoms with E-state index in [0.717, 1.165) is 29.0 Å². The second-order valence-electron chi connectivity index (χ2n) is 5.16. The average molecular weight is 328 g/mol. The molecular formula is C19H24N2O3. The van der Waals surface area contributed by atoms with Crippen LogP contribution in [0.4, 0.5) is 0 Å². The highest BCUT2D eigenvalue weighted by atomic mass is 16.5. The molecule has 0 spiro atoms. The van der Waals surface area contributed by atoms with E-state index in [2.05, 4.69) is 17.5 Å². The van der Waals surface area contributed by atoms with Crippen molar-refractivity contribution in [3.05, 3.63) is 53.6 Å². The standard InChI is InChI=1S/C19H24N2O3/c1-4-11-24-18-10-9-15(12-19(18)23-3)13-20-21-14-16-7-5-6-8-17(16)22-2/h5-10,12-13,21H,4,11,14H2,1-3H3/b20-13+. The Bertz CT molecular complexity index is 671. The lowest BCUT2D eigenvalue weighted by Crippen LogP contribution is -2.07. The van der Waals surface area contributed by atoms with E-state index in [0.29, 0.717) is 18.9 Å². The molecule has 0 aromatic heterocycles. The fourth-order valence-corrected chi connectivity index (χ4v) is 2.20. The first kappa shape index (κ1) is 17.7. The molecule has 0 saturated carbocycles. The fraction of sp³-hybridized carbons (Fsp3) is 0.316. The van der Waals surface area contributed by atoms with Gasteiger partial charge in [0.05, 0.1) is 33.6 Å². The lowest BCUT2D eigenvalue weighted by atomic mass is 10.2. The zero-order chi connectivity index (χ0) is 17.2. The first-order chi connectivity index (χ1) is 11.8. The number of hydrogen-bond acceptors (Lipinski definition) is 5. The van der Waals surface area contributed by atoms with Crippen molar-refractivity contribution >= 4 is 6.21 Å². The van der Waals surface area contributed by atoms with Crippen LogP contribution in [0.5, 0.6) is 17.2 Å². The fourth-order valence-electron chi connectivity index (χ4n) is 2.20. The summed E-state index contributed by atoms with van der Waals surface area (Å²) >= 11 is 0. The van der Waals surface area contributed by atoms with Crippen LogP contribution in [-0.4, -0.2) is 27.0 Å². The third kappa shape index (κ3) is 4.91. The van der Waals surface area contributed by atoms with E-state index in [1.54, 1.807) is 20.4 Å². The number of nitrogens with one attached hydrogen (secondary N) is 1. The zero-order valence-corrected chi connectivity index (χ0v) is 14.4. The van der Waals surface area contributed by atoms with E-state index >= 15 is 0 Å². The first-order valence-corrected chi connectivity index (χ1v) is 7.97. The van der Waals surface area contributed by atoms with Gasteiger partial charge in [-0.05, 0) is 36.2 Å². The van der Waals surface area contributed by atoms with Gasteiger partial charge < -0.3 is 19.6 Å². The summed E-state index contributed by atoms with van der Waals surface area (Å²) in [5, 5.41) is 4.25. The van der Waals surface area contributed by atoms with Crippen LogP contribution < -0.4 is 19.6 Å². The van der Waals surface area contributed by atoms with Crippen LogP contribution in [-0.2, 0) is 6.54 Å². The molecule has 0 aliphatic carbocycles. The molecule has 24 heavy (non-hydrogen) atoms. The summed E-state index contributed by atoms with van der Waals surface area (Å²) in [6.45, 7) is 3.33. The van der Waals surface area contributed by atoms with Gasteiger partial charge in [-0.25, -0.2) is 0 Å². The van der Waals surface area contributed by atoms with Crippen LogP contribution in [0.15, 0.2) is 47.6 Å². The largest absolute Gasteiger partial charge is 0.496 e. The Morgan fingerprint density at radius 1 is 1.00 bits per heavy atom. The minimum absolute atomic E-state index is 0.593. The maximum Gasteiger partial charge on any atom is 0.161 e. The second-order valence-corrected chi connectivity index (χ2v) is 5.16. The first-order valence-electron chi connectivity index (χ1n) is 7.97. The molecule has 0 unspecified atom stereocenters. The Balaban J connectivity index is 1.96. The number of hydrogen-bond donors (Lipinski definition) is 1. The van der Waals surface area contributed by atoms with Gasteiger partial charge in [-0.15, -0.1) is 0 Å². The van der Waals surface area contributed by atoms with E-state index < -0.39 is 0 Å². The highest BCUT2D eigenvalue weighted by Gasteiger charge is 2.04. The Morgan fingerprint density at radius 2 is 1.79 bits per heavy atom. The molecule has 1 N–H and O–H groups in total. The van der Waals surface area contributed by atoms with E-state index in [1.807, 2.05) is 42.5 Å². The normalized spacial score (nSPS) is 10.6. The minimum atomic E-state index is 0.593. The van der Waals surface area contributed by atoms with E-state index in [1.165, 1.54) is 0 Å². The Hall–Kier alpha value is -2.69. The van der Waals surface area contributed by atoms with Crippen molar-refractivity contribution in [1.82, 2.24) is 5.43 Å². The summed E-state index contributed by atoms with van der Waals surface area (Å²) in [6.07, 6.45) is 2.71. The van der Waals surface area contributed by atoms with Crippen LogP contribution >= 0.6 is 0 Å². The molecule has 5 heteroatoms. The molecule has 0 aliphatic heterocycles. The average Bonchev–Trinajstić information content (AvgIpc) is 2.64. The molecular weight excluding hydrogens is 304 g/mol. The van der Waals surface area contributed by atoms with E-state index in [9.17, 15) is 0 Å². The van der Waals surface area contributed by atoms with Crippen molar-refractivity contribution in [3.8, 4) is 17.2 Å². The van der Waals surface area contributed by atoms with Crippen molar-refractivity contribution < 1.29 is 14.2 Å². The summed E-state index contributed by atoms with van der Waals surface area (Å²) in [5.41, 5.74) is 5.02. The third-order valence-corrected chi connectivity index (χ3v) is 3.42. The number of benzene rings is 2.